The highest BCUT2D eigenvalue weighted by Gasteiger charge is 2.11. The topological polar surface area (TPSA) is 45.2 Å². The summed E-state index contributed by atoms with van der Waals surface area (Å²) < 4.78 is 0. The summed E-state index contributed by atoms with van der Waals surface area (Å²) in [5.74, 6) is -0.0347. The molecule has 4 rings (SSSR count). The summed E-state index contributed by atoms with van der Waals surface area (Å²) in [5, 5.41) is 8.34. The standard InChI is InChI=1S/C25H25N3OS/c1-17-8-9-18(2)23(12-17)27-24(29)14-25-26-21(16-30-25)15-28(3)22-11-10-19-6-4-5-7-20(19)13-22/h4-13,16H,14-15H2,1-3H3,(H,27,29). The number of carbonyl (C=O) groups is 1. The van der Waals surface area contributed by atoms with Crippen LogP contribution in [0.15, 0.2) is 66.0 Å². The Morgan fingerprint density at radius 1 is 1.03 bits per heavy atom. The van der Waals surface area contributed by atoms with Gasteiger partial charge in [-0.15, -0.1) is 11.3 Å². The summed E-state index contributed by atoms with van der Waals surface area (Å²) in [5.41, 5.74) is 5.18. The van der Waals surface area contributed by atoms with Gasteiger partial charge in [-0.2, -0.15) is 0 Å². The summed E-state index contributed by atoms with van der Waals surface area (Å²) in [7, 11) is 2.07. The van der Waals surface area contributed by atoms with Gasteiger partial charge in [0.2, 0.25) is 5.91 Å². The Kier molecular flexibility index (Phi) is 5.81. The number of aromatic nitrogens is 1. The van der Waals surface area contributed by atoms with Gasteiger partial charge in [0, 0.05) is 23.8 Å². The van der Waals surface area contributed by atoms with Gasteiger partial charge in [0.25, 0.3) is 0 Å². The fraction of sp³-hybridized carbons (Fsp3) is 0.200. The summed E-state index contributed by atoms with van der Waals surface area (Å²) in [6.07, 6.45) is 0.289. The molecule has 1 amide bonds. The molecule has 4 aromatic rings. The molecular weight excluding hydrogens is 390 g/mol. The molecule has 0 radical (unpaired) electrons. The number of thiazole rings is 1. The van der Waals surface area contributed by atoms with E-state index in [0.717, 1.165) is 33.2 Å². The minimum absolute atomic E-state index is 0.0347. The Morgan fingerprint density at radius 3 is 2.67 bits per heavy atom. The van der Waals surface area contributed by atoms with Gasteiger partial charge in [-0.3, -0.25) is 4.79 Å². The quantitative estimate of drug-likeness (QED) is 0.437. The Balaban J connectivity index is 1.39. The van der Waals surface area contributed by atoms with E-state index < -0.39 is 0 Å². The zero-order valence-corrected chi connectivity index (χ0v) is 18.3. The molecule has 30 heavy (non-hydrogen) atoms. The molecule has 0 atom stereocenters. The first-order valence-corrected chi connectivity index (χ1v) is 10.9. The average molecular weight is 416 g/mol. The van der Waals surface area contributed by atoms with Crippen molar-refractivity contribution in [3.8, 4) is 0 Å². The average Bonchev–Trinajstić information content (AvgIpc) is 3.16. The van der Waals surface area contributed by atoms with Crippen LogP contribution in [0.2, 0.25) is 0 Å². The maximum Gasteiger partial charge on any atom is 0.231 e. The highest BCUT2D eigenvalue weighted by Crippen LogP contribution is 2.23. The molecule has 1 heterocycles. The lowest BCUT2D eigenvalue weighted by Gasteiger charge is -2.18. The van der Waals surface area contributed by atoms with Crippen LogP contribution in [0.4, 0.5) is 11.4 Å². The van der Waals surface area contributed by atoms with E-state index in [9.17, 15) is 4.79 Å². The van der Waals surface area contributed by atoms with Gasteiger partial charge in [-0.05, 0) is 53.9 Å². The van der Waals surface area contributed by atoms with E-state index in [0.29, 0.717) is 6.54 Å². The first kappa shape index (κ1) is 20.1. The Morgan fingerprint density at radius 2 is 1.83 bits per heavy atom. The third kappa shape index (κ3) is 4.69. The number of carbonyl (C=O) groups excluding carboxylic acids is 1. The highest BCUT2D eigenvalue weighted by molar-refractivity contribution is 7.09. The van der Waals surface area contributed by atoms with Crippen molar-refractivity contribution in [1.82, 2.24) is 4.98 Å². The van der Waals surface area contributed by atoms with E-state index in [1.54, 1.807) is 0 Å². The summed E-state index contributed by atoms with van der Waals surface area (Å²) in [4.78, 5) is 19.3. The summed E-state index contributed by atoms with van der Waals surface area (Å²) in [6.45, 7) is 4.72. The molecule has 0 unspecified atom stereocenters. The van der Waals surface area contributed by atoms with Crippen LogP contribution in [0.25, 0.3) is 10.8 Å². The molecule has 0 saturated carbocycles. The maximum atomic E-state index is 12.5. The molecule has 5 heteroatoms. The fourth-order valence-corrected chi connectivity index (χ4v) is 4.24. The highest BCUT2D eigenvalue weighted by atomic mass is 32.1. The van der Waals surface area contributed by atoms with Crippen LogP contribution in [-0.2, 0) is 17.8 Å². The molecule has 152 valence electrons. The van der Waals surface area contributed by atoms with Crippen LogP contribution in [0.1, 0.15) is 21.8 Å². The molecular formula is C25H25N3OS. The zero-order valence-electron chi connectivity index (χ0n) is 17.5. The Labute approximate surface area is 181 Å². The molecule has 0 fully saturated rings. The van der Waals surface area contributed by atoms with Crippen molar-refractivity contribution in [2.24, 2.45) is 0 Å². The molecule has 0 aliphatic carbocycles. The molecule has 1 aromatic heterocycles. The molecule has 0 spiro atoms. The van der Waals surface area contributed by atoms with Crippen molar-refractivity contribution >= 4 is 39.4 Å². The smallest absolute Gasteiger partial charge is 0.231 e. The van der Waals surface area contributed by atoms with E-state index in [1.807, 2.05) is 37.4 Å². The lowest BCUT2D eigenvalue weighted by atomic mass is 10.1. The van der Waals surface area contributed by atoms with Crippen LogP contribution in [-0.4, -0.2) is 17.9 Å². The van der Waals surface area contributed by atoms with E-state index in [-0.39, 0.29) is 12.3 Å². The van der Waals surface area contributed by atoms with Crippen molar-refractivity contribution in [2.45, 2.75) is 26.8 Å². The van der Waals surface area contributed by atoms with Gasteiger partial charge in [-0.25, -0.2) is 4.98 Å². The number of nitrogens with zero attached hydrogens (tertiary/aromatic N) is 2. The summed E-state index contributed by atoms with van der Waals surface area (Å²) in [6, 6.07) is 20.9. The van der Waals surface area contributed by atoms with Crippen molar-refractivity contribution in [3.05, 3.63) is 87.9 Å². The van der Waals surface area contributed by atoms with Gasteiger partial charge in [0.15, 0.2) is 0 Å². The third-order valence-corrected chi connectivity index (χ3v) is 6.05. The molecule has 0 saturated heterocycles. The van der Waals surface area contributed by atoms with Gasteiger partial charge >= 0.3 is 0 Å². The number of anilines is 2. The Hall–Kier alpha value is -3.18. The zero-order chi connectivity index (χ0) is 21.1. The normalized spacial score (nSPS) is 10.9. The van der Waals surface area contributed by atoms with Crippen LogP contribution < -0.4 is 10.2 Å². The van der Waals surface area contributed by atoms with Crippen molar-refractivity contribution in [3.63, 3.8) is 0 Å². The third-order valence-electron chi connectivity index (χ3n) is 5.15. The van der Waals surface area contributed by atoms with E-state index in [2.05, 4.69) is 64.7 Å². The number of amides is 1. The number of nitrogens with one attached hydrogen (secondary N) is 1. The van der Waals surface area contributed by atoms with E-state index in [1.165, 1.54) is 22.1 Å². The second-order valence-electron chi connectivity index (χ2n) is 7.66. The number of hydrogen-bond donors (Lipinski definition) is 1. The van der Waals surface area contributed by atoms with Crippen LogP contribution in [0, 0.1) is 13.8 Å². The van der Waals surface area contributed by atoms with Gasteiger partial charge in [-0.1, -0.05) is 42.5 Å². The molecule has 0 aliphatic heterocycles. The van der Waals surface area contributed by atoms with Crippen molar-refractivity contribution in [2.75, 3.05) is 17.3 Å². The number of aryl methyl sites for hydroxylation is 2. The minimum atomic E-state index is -0.0347. The molecule has 3 aromatic carbocycles. The second-order valence-corrected chi connectivity index (χ2v) is 8.61. The van der Waals surface area contributed by atoms with Crippen molar-refractivity contribution < 1.29 is 4.79 Å². The summed E-state index contributed by atoms with van der Waals surface area (Å²) >= 11 is 1.54. The predicted molar refractivity (Wildman–Crippen MR) is 126 cm³/mol. The molecule has 0 aliphatic rings. The first-order chi connectivity index (χ1) is 14.5. The van der Waals surface area contributed by atoms with Crippen LogP contribution >= 0.6 is 11.3 Å². The van der Waals surface area contributed by atoms with E-state index >= 15 is 0 Å². The largest absolute Gasteiger partial charge is 0.369 e. The SMILES string of the molecule is Cc1ccc(C)c(NC(=O)Cc2nc(CN(C)c3ccc4ccccc4c3)cs2)c1. The number of hydrogen-bond acceptors (Lipinski definition) is 4. The van der Waals surface area contributed by atoms with Gasteiger partial charge < -0.3 is 10.2 Å². The van der Waals surface area contributed by atoms with Crippen LogP contribution in [0.5, 0.6) is 0 Å². The second kappa shape index (κ2) is 8.67. The van der Waals surface area contributed by atoms with Gasteiger partial charge in [0.1, 0.15) is 5.01 Å². The maximum absolute atomic E-state index is 12.5. The van der Waals surface area contributed by atoms with Gasteiger partial charge in [0.05, 0.1) is 18.7 Å². The minimum Gasteiger partial charge on any atom is -0.369 e. The van der Waals surface area contributed by atoms with Crippen molar-refractivity contribution in [1.29, 1.82) is 0 Å². The molecule has 1 N–H and O–H groups in total. The van der Waals surface area contributed by atoms with E-state index in [4.69, 9.17) is 0 Å². The number of fused-ring (bicyclic) bond motifs is 1. The predicted octanol–water partition coefficient (Wildman–Crippen LogP) is 5.73. The number of rotatable bonds is 6. The molecule has 4 nitrogen and oxygen atoms in total. The van der Waals surface area contributed by atoms with Crippen LogP contribution in [0.3, 0.4) is 0 Å². The molecule has 0 bridgehead atoms. The monoisotopic (exact) mass is 415 g/mol. The lowest BCUT2D eigenvalue weighted by Crippen LogP contribution is -2.17. The fourth-order valence-electron chi connectivity index (χ4n) is 3.45. The Bertz CT molecular complexity index is 1200. The lowest BCUT2D eigenvalue weighted by molar-refractivity contribution is -0.115. The first-order valence-electron chi connectivity index (χ1n) is 9.98. The number of benzene rings is 3.